The van der Waals surface area contributed by atoms with Crippen LogP contribution in [0.4, 0.5) is 17.1 Å². The van der Waals surface area contributed by atoms with Crippen molar-refractivity contribution in [2.75, 3.05) is 32.1 Å². The van der Waals surface area contributed by atoms with Crippen molar-refractivity contribution in [2.24, 2.45) is 10.2 Å². The number of hydrogen-bond donors (Lipinski definition) is 2. The van der Waals surface area contributed by atoms with Crippen LogP contribution in [-0.4, -0.2) is 41.5 Å². The summed E-state index contributed by atoms with van der Waals surface area (Å²) in [5, 5.41) is 10.8. The SMILES string of the molecule is CC(=O)NCCNS(=O)(=O)c1ccc(N=Nc2ccc(N(C)C)cc2)cc1. The fourth-order valence-corrected chi connectivity index (χ4v) is 3.16. The lowest BCUT2D eigenvalue weighted by molar-refractivity contribution is -0.118. The highest BCUT2D eigenvalue weighted by atomic mass is 32.2. The molecule has 2 rings (SSSR count). The lowest BCUT2D eigenvalue weighted by Crippen LogP contribution is -2.33. The van der Waals surface area contributed by atoms with Gasteiger partial charge >= 0.3 is 0 Å². The second-order valence-corrected chi connectivity index (χ2v) is 7.75. The van der Waals surface area contributed by atoms with Gasteiger partial charge in [0, 0.05) is 39.8 Å². The van der Waals surface area contributed by atoms with Crippen molar-refractivity contribution in [3.63, 3.8) is 0 Å². The molecule has 0 heterocycles. The predicted octanol–water partition coefficient (Wildman–Crippen LogP) is 2.58. The van der Waals surface area contributed by atoms with Crippen LogP contribution >= 0.6 is 0 Å². The summed E-state index contributed by atoms with van der Waals surface area (Å²) in [7, 11) is 0.285. The van der Waals surface area contributed by atoms with Crippen molar-refractivity contribution in [2.45, 2.75) is 11.8 Å². The van der Waals surface area contributed by atoms with E-state index in [-0.39, 0.29) is 23.9 Å². The monoisotopic (exact) mass is 389 g/mol. The Hall–Kier alpha value is -2.78. The van der Waals surface area contributed by atoms with Crippen LogP contribution in [0.2, 0.25) is 0 Å². The molecule has 1 amide bonds. The Morgan fingerprint density at radius 1 is 0.926 bits per heavy atom. The van der Waals surface area contributed by atoms with E-state index in [0.717, 1.165) is 5.69 Å². The van der Waals surface area contributed by atoms with E-state index in [1.807, 2.05) is 43.3 Å². The second kappa shape index (κ2) is 9.24. The number of benzene rings is 2. The van der Waals surface area contributed by atoms with Gasteiger partial charge in [0.05, 0.1) is 16.3 Å². The van der Waals surface area contributed by atoms with Gasteiger partial charge in [-0.1, -0.05) is 0 Å². The van der Waals surface area contributed by atoms with Crippen molar-refractivity contribution in [3.05, 3.63) is 48.5 Å². The molecule has 144 valence electrons. The third-order valence-electron chi connectivity index (χ3n) is 3.59. The standard InChI is InChI=1S/C18H23N5O3S/c1-14(24)19-12-13-20-27(25,26)18-10-6-16(7-11-18)22-21-15-4-8-17(9-5-15)23(2)3/h4-11,20H,12-13H2,1-3H3,(H,19,24). The molecule has 27 heavy (non-hydrogen) atoms. The number of sulfonamides is 1. The maximum atomic E-state index is 12.2. The van der Waals surface area contributed by atoms with Crippen molar-refractivity contribution in [3.8, 4) is 0 Å². The molecule has 9 heteroatoms. The van der Waals surface area contributed by atoms with Gasteiger partial charge in [-0.05, 0) is 48.5 Å². The van der Waals surface area contributed by atoms with E-state index in [9.17, 15) is 13.2 Å². The molecule has 0 spiro atoms. The van der Waals surface area contributed by atoms with Gasteiger partial charge in [-0.25, -0.2) is 13.1 Å². The quantitative estimate of drug-likeness (QED) is 0.535. The summed E-state index contributed by atoms with van der Waals surface area (Å²) >= 11 is 0. The average molecular weight is 389 g/mol. The topological polar surface area (TPSA) is 103 Å². The molecule has 0 aliphatic rings. The molecule has 2 aromatic carbocycles. The van der Waals surface area contributed by atoms with E-state index < -0.39 is 10.0 Å². The van der Waals surface area contributed by atoms with E-state index in [1.54, 1.807) is 12.1 Å². The molecular weight excluding hydrogens is 366 g/mol. The zero-order chi connectivity index (χ0) is 19.9. The number of carbonyl (C=O) groups is 1. The molecular formula is C18H23N5O3S. The number of azo groups is 1. The van der Waals surface area contributed by atoms with Crippen LogP contribution in [0.25, 0.3) is 0 Å². The van der Waals surface area contributed by atoms with Crippen molar-refractivity contribution >= 4 is 33.0 Å². The molecule has 0 saturated carbocycles. The molecule has 0 unspecified atom stereocenters. The lowest BCUT2D eigenvalue weighted by atomic mass is 10.3. The van der Waals surface area contributed by atoms with Gasteiger partial charge in [-0.3, -0.25) is 4.79 Å². The Morgan fingerprint density at radius 3 is 1.93 bits per heavy atom. The molecule has 0 aliphatic carbocycles. The smallest absolute Gasteiger partial charge is 0.240 e. The number of rotatable bonds is 8. The fourth-order valence-electron chi connectivity index (χ4n) is 2.13. The zero-order valence-electron chi connectivity index (χ0n) is 15.5. The van der Waals surface area contributed by atoms with E-state index in [0.29, 0.717) is 11.4 Å². The number of nitrogens with zero attached hydrogens (tertiary/aromatic N) is 3. The van der Waals surface area contributed by atoms with E-state index in [4.69, 9.17) is 0 Å². The zero-order valence-corrected chi connectivity index (χ0v) is 16.3. The highest BCUT2D eigenvalue weighted by molar-refractivity contribution is 7.89. The predicted molar refractivity (Wildman–Crippen MR) is 105 cm³/mol. The Balaban J connectivity index is 1.98. The van der Waals surface area contributed by atoms with Gasteiger partial charge < -0.3 is 10.2 Å². The molecule has 0 bridgehead atoms. The first-order chi connectivity index (χ1) is 12.8. The molecule has 0 atom stereocenters. The third kappa shape index (κ3) is 6.46. The van der Waals surface area contributed by atoms with Crippen LogP contribution in [0.3, 0.4) is 0 Å². The summed E-state index contributed by atoms with van der Waals surface area (Å²) in [6.45, 7) is 1.72. The number of nitrogens with one attached hydrogen (secondary N) is 2. The van der Waals surface area contributed by atoms with Gasteiger partial charge in [0.15, 0.2) is 0 Å². The van der Waals surface area contributed by atoms with E-state index >= 15 is 0 Å². The summed E-state index contributed by atoms with van der Waals surface area (Å²) < 4.78 is 26.8. The maximum absolute atomic E-state index is 12.2. The minimum absolute atomic E-state index is 0.117. The molecule has 0 saturated heterocycles. The summed E-state index contributed by atoms with van der Waals surface area (Å²) in [5.41, 5.74) is 2.32. The Labute approximate surface area is 159 Å². The number of hydrogen-bond acceptors (Lipinski definition) is 6. The van der Waals surface area contributed by atoms with Crippen LogP contribution < -0.4 is 14.9 Å². The number of anilines is 1. The van der Waals surface area contributed by atoms with Gasteiger partial charge in [0.25, 0.3) is 0 Å². The normalized spacial score (nSPS) is 11.5. The first-order valence-electron chi connectivity index (χ1n) is 8.31. The maximum Gasteiger partial charge on any atom is 0.240 e. The molecule has 0 aromatic heterocycles. The minimum Gasteiger partial charge on any atom is -0.378 e. The molecule has 8 nitrogen and oxygen atoms in total. The number of amides is 1. The average Bonchev–Trinajstić information content (AvgIpc) is 2.64. The van der Waals surface area contributed by atoms with Crippen LogP contribution in [0.15, 0.2) is 63.7 Å². The highest BCUT2D eigenvalue weighted by Crippen LogP contribution is 2.22. The van der Waals surface area contributed by atoms with Crippen molar-refractivity contribution in [1.82, 2.24) is 10.0 Å². The van der Waals surface area contributed by atoms with Crippen molar-refractivity contribution < 1.29 is 13.2 Å². The third-order valence-corrected chi connectivity index (χ3v) is 5.06. The largest absolute Gasteiger partial charge is 0.378 e. The first kappa shape index (κ1) is 20.5. The molecule has 0 fully saturated rings. The van der Waals surface area contributed by atoms with Gasteiger partial charge in [-0.15, -0.1) is 0 Å². The van der Waals surface area contributed by atoms with Gasteiger partial charge in [0.2, 0.25) is 15.9 Å². The summed E-state index contributed by atoms with van der Waals surface area (Å²) in [6.07, 6.45) is 0. The summed E-state index contributed by atoms with van der Waals surface area (Å²) in [6, 6.07) is 13.7. The van der Waals surface area contributed by atoms with Gasteiger partial charge in [-0.2, -0.15) is 10.2 Å². The van der Waals surface area contributed by atoms with Gasteiger partial charge in [0.1, 0.15) is 0 Å². The van der Waals surface area contributed by atoms with Crippen LogP contribution in [0.1, 0.15) is 6.92 Å². The minimum atomic E-state index is -3.63. The van der Waals surface area contributed by atoms with Crippen LogP contribution in [0.5, 0.6) is 0 Å². The second-order valence-electron chi connectivity index (χ2n) is 5.99. The van der Waals surface area contributed by atoms with Crippen LogP contribution in [-0.2, 0) is 14.8 Å². The highest BCUT2D eigenvalue weighted by Gasteiger charge is 2.12. The van der Waals surface area contributed by atoms with Crippen LogP contribution in [0, 0.1) is 0 Å². The molecule has 0 aliphatic heterocycles. The Morgan fingerprint density at radius 2 is 1.44 bits per heavy atom. The lowest BCUT2D eigenvalue weighted by Gasteiger charge is -2.11. The Bertz CT molecular complexity index is 892. The summed E-state index contributed by atoms with van der Waals surface area (Å²) in [4.78, 5) is 12.9. The summed E-state index contributed by atoms with van der Waals surface area (Å²) in [5.74, 6) is -0.208. The molecule has 2 aromatic rings. The number of carbonyl (C=O) groups excluding carboxylic acids is 1. The molecule has 0 radical (unpaired) electrons. The Kier molecular flexibility index (Phi) is 7.03. The van der Waals surface area contributed by atoms with E-state index in [1.165, 1.54) is 19.1 Å². The van der Waals surface area contributed by atoms with Crippen molar-refractivity contribution in [1.29, 1.82) is 0 Å². The first-order valence-corrected chi connectivity index (χ1v) is 9.79. The molecule has 2 N–H and O–H groups in total. The van der Waals surface area contributed by atoms with E-state index in [2.05, 4.69) is 20.3 Å². The fraction of sp³-hybridized carbons (Fsp3) is 0.278.